The molecule has 10 heteroatoms. The second-order valence-corrected chi connectivity index (χ2v) is 6.79. The third kappa shape index (κ3) is 4.35. The van der Waals surface area contributed by atoms with Crippen LogP contribution in [0.4, 0.5) is 5.82 Å². The molecule has 146 valence electrons. The van der Waals surface area contributed by atoms with Crippen LogP contribution < -0.4 is 11.0 Å². The Morgan fingerprint density at radius 2 is 2.07 bits per heavy atom. The van der Waals surface area contributed by atoms with E-state index >= 15 is 0 Å². The molecule has 2 heterocycles. The summed E-state index contributed by atoms with van der Waals surface area (Å²) < 4.78 is 7.65. The molecule has 0 spiro atoms. The number of aldehydes is 1. The van der Waals surface area contributed by atoms with Crippen LogP contribution in [0.3, 0.4) is 0 Å². The average molecular weight is 423 g/mol. The zero-order chi connectivity index (χ0) is 20.3. The number of nitrogens with zero attached hydrogens (tertiary/aromatic N) is 3. The van der Waals surface area contributed by atoms with Crippen LogP contribution in [0.15, 0.2) is 41.5 Å². The summed E-state index contributed by atoms with van der Waals surface area (Å²) in [4.78, 5) is 39.2. The molecule has 0 radical (unpaired) electrons. The summed E-state index contributed by atoms with van der Waals surface area (Å²) >= 11 is 12.0. The Morgan fingerprint density at radius 3 is 2.75 bits per heavy atom. The van der Waals surface area contributed by atoms with Gasteiger partial charge in [0.15, 0.2) is 12.4 Å². The molecular weight excluding hydrogens is 407 g/mol. The first kappa shape index (κ1) is 19.9. The SMILES string of the molecule is CC(=O)OC(C=O)CNc1ccc2ncn(Cc3ccc(Cl)c(Cl)c3)c(=O)n12. The van der Waals surface area contributed by atoms with E-state index in [9.17, 15) is 14.4 Å². The lowest BCUT2D eigenvalue weighted by molar-refractivity contribution is -0.148. The minimum absolute atomic E-state index is 0.0241. The average Bonchev–Trinajstić information content (AvgIpc) is 3.07. The third-order valence-corrected chi connectivity index (χ3v) is 4.66. The summed E-state index contributed by atoms with van der Waals surface area (Å²) in [6.07, 6.45) is 1.00. The zero-order valence-corrected chi connectivity index (χ0v) is 16.3. The molecule has 0 bridgehead atoms. The first-order chi connectivity index (χ1) is 13.4. The molecular formula is C18H16Cl2N4O4. The molecule has 1 unspecified atom stereocenters. The van der Waals surface area contributed by atoms with Crippen molar-refractivity contribution in [2.45, 2.75) is 19.6 Å². The molecule has 3 rings (SSSR count). The fraction of sp³-hybridized carbons (Fsp3) is 0.222. The van der Waals surface area contributed by atoms with E-state index in [2.05, 4.69) is 10.3 Å². The van der Waals surface area contributed by atoms with Crippen molar-refractivity contribution in [3.05, 3.63) is 62.8 Å². The van der Waals surface area contributed by atoms with Gasteiger partial charge < -0.3 is 10.1 Å². The number of carbonyl (C=O) groups excluding carboxylic acids is 2. The van der Waals surface area contributed by atoms with E-state index < -0.39 is 12.1 Å². The number of hydrogen-bond acceptors (Lipinski definition) is 6. The van der Waals surface area contributed by atoms with Gasteiger partial charge in [-0.05, 0) is 29.8 Å². The normalized spacial score (nSPS) is 12.0. The van der Waals surface area contributed by atoms with Crippen LogP contribution in [0, 0.1) is 0 Å². The molecule has 0 amide bonds. The minimum Gasteiger partial charge on any atom is -0.453 e. The Labute approximate surface area is 169 Å². The van der Waals surface area contributed by atoms with Crippen LogP contribution in [-0.2, 0) is 20.9 Å². The molecule has 0 aliphatic carbocycles. The number of ether oxygens (including phenoxy) is 1. The first-order valence-corrected chi connectivity index (χ1v) is 9.02. The molecule has 1 atom stereocenters. The molecule has 3 aromatic rings. The molecule has 2 aromatic heterocycles. The van der Waals surface area contributed by atoms with Gasteiger partial charge in [0, 0.05) is 6.92 Å². The van der Waals surface area contributed by atoms with Gasteiger partial charge in [0.2, 0.25) is 0 Å². The van der Waals surface area contributed by atoms with Crippen LogP contribution in [0.1, 0.15) is 12.5 Å². The number of nitrogens with one attached hydrogen (secondary N) is 1. The zero-order valence-electron chi connectivity index (χ0n) is 14.8. The predicted molar refractivity (Wildman–Crippen MR) is 105 cm³/mol. The third-order valence-electron chi connectivity index (χ3n) is 3.92. The largest absolute Gasteiger partial charge is 0.453 e. The number of esters is 1. The summed E-state index contributed by atoms with van der Waals surface area (Å²) in [7, 11) is 0. The molecule has 8 nitrogen and oxygen atoms in total. The lowest BCUT2D eigenvalue weighted by Crippen LogP contribution is -2.30. The number of aromatic nitrogens is 3. The Balaban J connectivity index is 1.87. The summed E-state index contributed by atoms with van der Waals surface area (Å²) in [5.41, 5.74) is 0.891. The highest BCUT2D eigenvalue weighted by Gasteiger charge is 2.14. The van der Waals surface area contributed by atoms with Crippen LogP contribution in [0.25, 0.3) is 5.65 Å². The number of fused-ring (bicyclic) bond motifs is 1. The van der Waals surface area contributed by atoms with Crippen molar-refractivity contribution in [1.82, 2.24) is 14.0 Å². The summed E-state index contributed by atoms with van der Waals surface area (Å²) in [5.74, 6) is -0.139. The van der Waals surface area contributed by atoms with E-state index in [4.69, 9.17) is 27.9 Å². The molecule has 0 fully saturated rings. The van der Waals surface area contributed by atoms with E-state index in [-0.39, 0.29) is 18.8 Å². The van der Waals surface area contributed by atoms with Crippen molar-refractivity contribution in [3.63, 3.8) is 0 Å². The lowest BCUT2D eigenvalue weighted by Gasteiger charge is -2.13. The van der Waals surface area contributed by atoms with Crippen molar-refractivity contribution in [2.24, 2.45) is 0 Å². The Morgan fingerprint density at radius 1 is 1.29 bits per heavy atom. The number of anilines is 1. The molecule has 28 heavy (non-hydrogen) atoms. The standard InChI is InChI=1S/C18H16Cl2N4O4/c1-11(26)28-13(9-25)7-21-16-4-5-17-22-10-23(18(27)24(16)17)8-12-2-3-14(19)15(20)6-12/h2-6,9-10,13,21H,7-8H2,1H3. The highest BCUT2D eigenvalue weighted by atomic mass is 35.5. The topological polar surface area (TPSA) is 94.7 Å². The number of hydrogen-bond donors (Lipinski definition) is 1. The summed E-state index contributed by atoms with van der Waals surface area (Å²) in [6, 6.07) is 8.43. The van der Waals surface area contributed by atoms with Crippen LogP contribution in [-0.4, -0.2) is 38.9 Å². The smallest absolute Gasteiger partial charge is 0.337 e. The fourth-order valence-electron chi connectivity index (χ4n) is 2.65. The molecule has 0 saturated carbocycles. The van der Waals surface area contributed by atoms with Crippen LogP contribution >= 0.6 is 23.2 Å². The molecule has 0 aliphatic heterocycles. The van der Waals surface area contributed by atoms with Gasteiger partial charge in [-0.3, -0.25) is 14.2 Å². The van der Waals surface area contributed by atoms with E-state index in [0.717, 1.165) is 5.56 Å². The number of benzene rings is 1. The van der Waals surface area contributed by atoms with Gasteiger partial charge in [-0.1, -0.05) is 29.3 Å². The summed E-state index contributed by atoms with van der Waals surface area (Å²) in [5, 5.41) is 3.76. The number of halogens is 2. The maximum atomic E-state index is 12.9. The van der Waals surface area contributed by atoms with Gasteiger partial charge in [-0.2, -0.15) is 0 Å². The van der Waals surface area contributed by atoms with Crippen LogP contribution in [0.5, 0.6) is 0 Å². The van der Waals surface area contributed by atoms with E-state index in [0.29, 0.717) is 27.8 Å². The number of carbonyl (C=O) groups is 2. The van der Waals surface area contributed by atoms with Gasteiger partial charge in [-0.15, -0.1) is 0 Å². The van der Waals surface area contributed by atoms with Crippen LogP contribution in [0.2, 0.25) is 10.0 Å². The Hall–Kier alpha value is -2.84. The lowest BCUT2D eigenvalue weighted by atomic mass is 10.2. The highest BCUT2D eigenvalue weighted by molar-refractivity contribution is 6.42. The quantitative estimate of drug-likeness (QED) is 0.463. The fourth-order valence-corrected chi connectivity index (χ4v) is 2.97. The summed E-state index contributed by atoms with van der Waals surface area (Å²) in [6.45, 7) is 1.49. The molecule has 0 saturated heterocycles. The van der Waals surface area contributed by atoms with Crippen molar-refractivity contribution >= 4 is 46.9 Å². The Bertz CT molecular complexity index is 1090. The van der Waals surface area contributed by atoms with Crippen molar-refractivity contribution in [1.29, 1.82) is 0 Å². The number of rotatable bonds is 7. The maximum Gasteiger partial charge on any atom is 0.337 e. The van der Waals surface area contributed by atoms with Gasteiger partial charge in [0.05, 0.1) is 23.1 Å². The monoisotopic (exact) mass is 422 g/mol. The van der Waals surface area contributed by atoms with Gasteiger partial charge in [-0.25, -0.2) is 14.2 Å². The molecule has 0 aliphatic rings. The first-order valence-electron chi connectivity index (χ1n) is 8.26. The van der Waals surface area contributed by atoms with Crippen molar-refractivity contribution in [3.8, 4) is 0 Å². The Kier molecular flexibility index (Phi) is 6.01. The van der Waals surface area contributed by atoms with Gasteiger partial charge in [0.25, 0.3) is 0 Å². The molecule has 1 aromatic carbocycles. The molecule has 1 N–H and O–H groups in total. The van der Waals surface area contributed by atoms with E-state index in [1.165, 1.54) is 22.2 Å². The second-order valence-electron chi connectivity index (χ2n) is 5.98. The second kappa shape index (κ2) is 8.45. The van der Waals surface area contributed by atoms with Gasteiger partial charge >= 0.3 is 11.7 Å². The predicted octanol–water partition coefficient (Wildman–Crippen LogP) is 2.39. The maximum absolute atomic E-state index is 12.9. The van der Waals surface area contributed by atoms with E-state index in [1.807, 2.05) is 0 Å². The van der Waals surface area contributed by atoms with Crippen molar-refractivity contribution < 1.29 is 14.3 Å². The van der Waals surface area contributed by atoms with Gasteiger partial charge in [0.1, 0.15) is 17.8 Å². The van der Waals surface area contributed by atoms with E-state index in [1.54, 1.807) is 30.3 Å². The van der Waals surface area contributed by atoms with Crippen molar-refractivity contribution in [2.75, 3.05) is 11.9 Å². The highest BCUT2D eigenvalue weighted by Crippen LogP contribution is 2.22. The minimum atomic E-state index is -0.960.